The zero-order valence-electron chi connectivity index (χ0n) is 25.5. The van der Waals surface area contributed by atoms with Crippen LogP contribution in [0.3, 0.4) is 0 Å². The number of halogens is 12. The summed E-state index contributed by atoms with van der Waals surface area (Å²) in [6.07, 6.45) is -16.1. The van der Waals surface area contributed by atoms with E-state index in [1.807, 2.05) is 24.3 Å². The van der Waals surface area contributed by atoms with Crippen LogP contribution in [-0.4, -0.2) is 35.6 Å². The van der Waals surface area contributed by atoms with Crippen molar-refractivity contribution in [3.8, 4) is 34.1 Å². The van der Waals surface area contributed by atoms with Crippen molar-refractivity contribution in [1.82, 2.24) is 29.2 Å². The highest BCUT2D eigenvalue weighted by atomic mass is 19.4. The summed E-state index contributed by atoms with van der Waals surface area (Å²) in [5.74, 6) is -3.93. The summed E-state index contributed by atoms with van der Waals surface area (Å²) in [6, 6.07) is 16.8. The molecular formula is C32H17F12N7O. The van der Waals surface area contributed by atoms with Crippen LogP contribution >= 0.6 is 0 Å². The van der Waals surface area contributed by atoms with Crippen LogP contribution in [0, 0.1) is 11.3 Å². The van der Waals surface area contributed by atoms with Crippen LogP contribution < -0.4 is 4.74 Å². The zero-order valence-corrected chi connectivity index (χ0v) is 25.5. The van der Waals surface area contributed by atoms with Gasteiger partial charge in [0.15, 0.2) is 11.3 Å². The van der Waals surface area contributed by atoms with E-state index in [0.29, 0.717) is 22.1 Å². The fourth-order valence-corrected chi connectivity index (χ4v) is 5.23. The normalized spacial score (nSPS) is 14.5. The monoisotopic (exact) mass is 743 g/mol. The number of pyridine rings is 2. The quantitative estimate of drug-likeness (QED) is 0.167. The number of rotatable bonds is 4. The third kappa shape index (κ3) is 7.29. The third-order valence-electron chi connectivity index (χ3n) is 7.89. The molecule has 4 aromatic heterocycles. The van der Waals surface area contributed by atoms with Gasteiger partial charge in [0.05, 0.1) is 17.0 Å². The third-order valence-corrected chi connectivity index (χ3v) is 7.89. The highest BCUT2D eigenvalue weighted by Gasteiger charge is 2.45. The summed E-state index contributed by atoms with van der Waals surface area (Å²) in [4.78, 5) is 0. The van der Waals surface area contributed by atoms with Crippen molar-refractivity contribution in [1.29, 1.82) is 5.26 Å². The molecule has 1 saturated carbocycles. The lowest BCUT2D eigenvalue weighted by Crippen LogP contribution is -2.20. The van der Waals surface area contributed by atoms with Gasteiger partial charge in [0.2, 0.25) is 11.6 Å². The fraction of sp³-hybridized carbons (Fsp3) is 0.219. The molecule has 1 fully saturated rings. The molecule has 0 amide bonds. The van der Waals surface area contributed by atoms with Gasteiger partial charge in [0, 0.05) is 12.4 Å². The second-order valence-electron chi connectivity index (χ2n) is 11.4. The van der Waals surface area contributed by atoms with E-state index in [2.05, 4.69) is 31.2 Å². The Labute approximate surface area is 282 Å². The van der Waals surface area contributed by atoms with Gasteiger partial charge in [-0.2, -0.15) is 44.8 Å². The van der Waals surface area contributed by atoms with E-state index >= 15 is 0 Å². The van der Waals surface area contributed by atoms with Crippen molar-refractivity contribution in [2.24, 2.45) is 0 Å². The SMILES string of the molecule is FC(F)(F)Oc1ccc(-c2ccc3nnc(C(F)(F)F)n3c2)cc1C(F)(F)F.N#CC1(c2ccc(-c3ccc4nnc(C(F)(F)F)n4c3)cc2)CC1. The summed E-state index contributed by atoms with van der Waals surface area (Å²) in [7, 11) is 0. The number of alkyl halides is 12. The molecule has 0 saturated heterocycles. The minimum Gasteiger partial charge on any atom is -0.405 e. The van der Waals surface area contributed by atoms with Crippen LogP contribution in [0.5, 0.6) is 5.75 Å². The van der Waals surface area contributed by atoms with E-state index in [1.165, 1.54) is 12.3 Å². The van der Waals surface area contributed by atoms with Gasteiger partial charge in [-0.3, -0.25) is 8.80 Å². The smallest absolute Gasteiger partial charge is 0.405 e. The molecule has 4 heterocycles. The van der Waals surface area contributed by atoms with Crippen molar-refractivity contribution < 1.29 is 57.4 Å². The Kier molecular flexibility index (Phi) is 8.58. The molecule has 0 spiro atoms. The molecule has 8 nitrogen and oxygen atoms in total. The lowest BCUT2D eigenvalue weighted by molar-refractivity contribution is -0.276. The van der Waals surface area contributed by atoms with Crippen LogP contribution in [-0.2, 0) is 23.9 Å². The van der Waals surface area contributed by atoms with Crippen molar-refractivity contribution in [3.05, 3.63) is 102 Å². The number of fused-ring (bicyclic) bond motifs is 2. The van der Waals surface area contributed by atoms with Crippen molar-refractivity contribution in [2.75, 3.05) is 0 Å². The molecule has 0 aliphatic heterocycles. The Hall–Kier alpha value is -5.87. The second kappa shape index (κ2) is 12.4. The van der Waals surface area contributed by atoms with Crippen LogP contribution in [0.2, 0.25) is 0 Å². The summed E-state index contributed by atoms with van der Waals surface area (Å²) < 4.78 is 159. The average Bonchev–Trinajstić information content (AvgIpc) is 3.53. The summed E-state index contributed by atoms with van der Waals surface area (Å²) in [6.45, 7) is 0. The largest absolute Gasteiger partial charge is 0.573 e. The topological polar surface area (TPSA) is 93.4 Å². The number of hydrogen-bond donors (Lipinski definition) is 0. The molecule has 6 aromatic rings. The maximum atomic E-state index is 13.1. The predicted molar refractivity (Wildman–Crippen MR) is 155 cm³/mol. The molecule has 1 aliphatic rings. The van der Waals surface area contributed by atoms with E-state index in [4.69, 9.17) is 0 Å². The number of aromatic nitrogens is 6. The van der Waals surface area contributed by atoms with Gasteiger partial charge in [-0.05, 0) is 77.1 Å². The van der Waals surface area contributed by atoms with Gasteiger partial charge in [0.25, 0.3) is 0 Å². The van der Waals surface area contributed by atoms with E-state index in [-0.39, 0.29) is 27.8 Å². The molecule has 0 radical (unpaired) electrons. The Balaban J connectivity index is 0.000000180. The second-order valence-corrected chi connectivity index (χ2v) is 11.4. The average molecular weight is 744 g/mol. The number of ether oxygens (including phenoxy) is 1. The van der Waals surface area contributed by atoms with Crippen LogP contribution in [0.1, 0.15) is 35.6 Å². The first-order chi connectivity index (χ1) is 24.2. The first-order valence-corrected chi connectivity index (χ1v) is 14.5. The van der Waals surface area contributed by atoms with Gasteiger partial charge in [-0.25, -0.2) is 0 Å². The van der Waals surface area contributed by atoms with E-state index in [1.54, 1.807) is 6.07 Å². The Morgan fingerprint density at radius 3 is 1.46 bits per heavy atom. The van der Waals surface area contributed by atoms with Gasteiger partial charge in [0.1, 0.15) is 5.75 Å². The molecule has 270 valence electrons. The first-order valence-electron chi connectivity index (χ1n) is 14.5. The van der Waals surface area contributed by atoms with Crippen LogP contribution in [0.15, 0.2) is 79.1 Å². The lowest BCUT2D eigenvalue weighted by atomic mass is 9.95. The standard InChI is InChI=1S/C17H11F3N4.C15H6F9N3O/c18-17(19,20)15-23-22-14-6-3-12(9-24(14)15)11-1-4-13(5-2-11)16(10-21)7-8-16;16-13(17,18)9-5-7(1-3-10(9)28-15(22,23)24)8-2-4-11-25-26-12(14(19,20)21)27(11)6-8/h1-6,9H,7-8H2;1-6H. The molecule has 0 N–H and O–H groups in total. The van der Waals surface area contributed by atoms with Gasteiger partial charge in [-0.15, -0.1) is 33.6 Å². The number of nitrogens with zero attached hydrogens (tertiary/aromatic N) is 7. The Bertz CT molecular complexity index is 2310. The summed E-state index contributed by atoms with van der Waals surface area (Å²) in [5.41, 5.74) is -0.254. The van der Waals surface area contributed by atoms with Crippen molar-refractivity contribution >= 4 is 11.3 Å². The Morgan fingerprint density at radius 1 is 0.577 bits per heavy atom. The van der Waals surface area contributed by atoms with Crippen molar-refractivity contribution in [3.63, 3.8) is 0 Å². The summed E-state index contributed by atoms with van der Waals surface area (Å²) >= 11 is 0. The highest BCUT2D eigenvalue weighted by Crippen LogP contribution is 2.48. The maximum Gasteiger partial charge on any atom is 0.573 e. The lowest BCUT2D eigenvalue weighted by Gasteiger charge is -2.16. The van der Waals surface area contributed by atoms with Crippen molar-refractivity contribution in [2.45, 2.75) is 43.1 Å². The molecule has 52 heavy (non-hydrogen) atoms. The molecule has 0 unspecified atom stereocenters. The van der Waals surface area contributed by atoms with E-state index in [9.17, 15) is 57.9 Å². The summed E-state index contributed by atoms with van der Waals surface area (Å²) in [5, 5.41) is 22.3. The molecule has 7 rings (SSSR count). The zero-order chi connectivity index (χ0) is 37.9. The molecule has 2 aromatic carbocycles. The molecule has 0 atom stereocenters. The van der Waals surface area contributed by atoms with Crippen LogP contribution in [0.25, 0.3) is 33.5 Å². The van der Waals surface area contributed by atoms with Gasteiger partial charge >= 0.3 is 24.9 Å². The molecule has 1 aliphatic carbocycles. The Morgan fingerprint density at radius 2 is 1.04 bits per heavy atom. The predicted octanol–water partition coefficient (Wildman–Crippen LogP) is 9.30. The molecular weight excluding hydrogens is 726 g/mol. The van der Waals surface area contributed by atoms with Crippen LogP contribution in [0.4, 0.5) is 52.7 Å². The van der Waals surface area contributed by atoms with Gasteiger partial charge < -0.3 is 4.74 Å². The minimum absolute atomic E-state index is 0.137. The number of nitriles is 1. The number of hydrogen-bond acceptors (Lipinski definition) is 6. The maximum absolute atomic E-state index is 13.1. The van der Waals surface area contributed by atoms with E-state index < -0.39 is 47.9 Å². The highest BCUT2D eigenvalue weighted by molar-refractivity contribution is 5.68. The van der Waals surface area contributed by atoms with Gasteiger partial charge in [-0.1, -0.05) is 30.3 Å². The molecule has 0 bridgehead atoms. The fourth-order valence-electron chi connectivity index (χ4n) is 5.23. The minimum atomic E-state index is -5.36. The number of benzene rings is 2. The first kappa shape index (κ1) is 35.9. The van der Waals surface area contributed by atoms with E-state index in [0.717, 1.165) is 52.8 Å². The molecule has 20 heteroatoms.